The van der Waals surface area contributed by atoms with Crippen molar-refractivity contribution in [2.45, 2.75) is 24.3 Å². The summed E-state index contributed by atoms with van der Waals surface area (Å²) in [6, 6.07) is 12.3. The SMILES string of the molecule is COc1ccc(C(=O)NCc2cccc(C(=O)NC3=NC4CCN(C)CC4S3)c2)cc1Cl. The summed E-state index contributed by atoms with van der Waals surface area (Å²) in [5, 5.41) is 7.26. The summed E-state index contributed by atoms with van der Waals surface area (Å²) >= 11 is 7.74. The number of rotatable bonds is 5. The average molecular weight is 473 g/mol. The van der Waals surface area contributed by atoms with Crippen molar-refractivity contribution in [2.75, 3.05) is 27.2 Å². The van der Waals surface area contributed by atoms with E-state index in [1.54, 1.807) is 48.2 Å². The number of fused-ring (bicyclic) bond motifs is 1. The predicted octanol–water partition coefficient (Wildman–Crippen LogP) is 3.18. The molecule has 0 saturated carbocycles. The second-order valence-electron chi connectivity index (χ2n) is 7.90. The van der Waals surface area contributed by atoms with E-state index in [-0.39, 0.29) is 24.4 Å². The predicted molar refractivity (Wildman–Crippen MR) is 128 cm³/mol. The van der Waals surface area contributed by atoms with Crippen molar-refractivity contribution in [1.82, 2.24) is 15.5 Å². The monoisotopic (exact) mass is 472 g/mol. The number of nitrogens with one attached hydrogen (secondary N) is 2. The van der Waals surface area contributed by atoms with Gasteiger partial charge in [-0.05, 0) is 55.9 Å². The van der Waals surface area contributed by atoms with Crippen LogP contribution in [0.4, 0.5) is 0 Å². The molecule has 168 valence electrons. The summed E-state index contributed by atoms with van der Waals surface area (Å²) in [4.78, 5) is 32.2. The number of benzene rings is 2. The van der Waals surface area contributed by atoms with Crippen molar-refractivity contribution in [3.63, 3.8) is 0 Å². The number of hydrogen-bond donors (Lipinski definition) is 2. The lowest BCUT2D eigenvalue weighted by Crippen LogP contribution is -2.40. The highest BCUT2D eigenvalue weighted by Gasteiger charge is 2.34. The lowest BCUT2D eigenvalue weighted by molar-refractivity contribution is 0.0949. The summed E-state index contributed by atoms with van der Waals surface area (Å²) in [6.45, 7) is 2.30. The van der Waals surface area contributed by atoms with Gasteiger partial charge in [0.1, 0.15) is 5.75 Å². The van der Waals surface area contributed by atoms with Gasteiger partial charge < -0.3 is 20.3 Å². The molecule has 1 fully saturated rings. The fraction of sp³-hybridized carbons (Fsp3) is 0.348. The number of amides is 2. The molecule has 0 spiro atoms. The molecule has 2 atom stereocenters. The van der Waals surface area contributed by atoms with E-state index < -0.39 is 0 Å². The van der Waals surface area contributed by atoms with Gasteiger partial charge in [0.25, 0.3) is 11.8 Å². The maximum Gasteiger partial charge on any atom is 0.257 e. The van der Waals surface area contributed by atoms with Crippen LogP contribution in [0.2, 0.25) is 5.02 Å². The molecule has 0 aromatic heterocycles. The van der Waals surface area contributed by atoms with Crippen LogP contribution in [-0.2, 0) is 6.54 Å². The van der Waals surface area contributed by atoms with E-state index in [2.05, 4.69) is 27.6 Å². The first-order valence-electron chi connectivity index (χ1n) is 10.4. The standard InChI is InChI=1S/C23H25ClN4O3S/c1-28-9-8-18-20(13-28)32-23(26-18)27-22(30)15-5-3-4-14(10-15)12-25-21(29)16-6-7-19(31-2)17(24)11-16/h3-7,10-11,18,20H,8-9,12-13H2,1-2H3,(H,25,29)(H,26,27,30). The lowest BCUT2D eigenvalue weighted by atomic mass is 10.1. The quantitative estimate of drug-likeness (QED) is 0.698. The van der Waals surface area contributed by atoms with Crippen LogP contribution in [-0.4, -0.2) is 60.4 Å². The molecule has 1 saturated heterocycles. The summed E-state index contributed by atoms with van der Waals surface area (Å²) in [6.07, 6.45) is 1.02. The smallest absolute Gasteiger partial charge is 0.257 e. The van der Waals surface area contributed by atoms with E-state index in [1.807, 2.05) is 6.07 Å². The van der Waals surface area contributed by atoms with E-state index in [1.165, 1.54) is 7.11 Å². The van der Waals surface area contributed by atoms with Crippen LogP contribution in [0.5, 0.6) is 5.75 Å². The van der Waals surface area contributed by atoms with Gasteiger partial charge in [-0.2, -0.15) is 0 Å². The fourth-order valence-electron chi connectivity index (χ4n) is 3.79. The van der Waals surface area contributed by atoms with Crippen molar-refractivity contribution in [3.8, 4) is 5.75 Å². The Bertz CT molecular complexity index is 1060. The van der Waals surface area contributed by atoms with E-state index in [0.29, 0.717) is 32.3 Å². The minimum atomic E-state index is -0.256. The Labute approximate surface area is 196 Å². The van der Waals surface area contributed by atoms with Crippen LogP contribution in [0, 0.1) is 0 Å². The number of nitrogens with zero attached hydrogens (tertiary/aromatic N) is 2. The van der Waals surface area contributed by atoms with Crippen LogP contribution in [0.15, 0.2) is 47.5 Å². The molecule has 7 nitrogen and oxygen atoms in total. The van der Waals surface area contributed by atoms with Gasteiger partial charge in [-0.1, -0.05) is 35.5 Å². The third-order valence-corrected chi connectivity index (χ3v) is 7.04. The van der Waals surface area contributed by atoms with Crippen molar-refractivity contribution in [2.24, 2.45) is 4.99 Å². The maximum atomic E-state index is 12.8. The van der Waals surface area contributed by atoms with Gasteiger partial charge in [0.05, 0.1) is 18.2 Å². The Morgan fingerprint density at radius 1 is 1.22 bits per heavy atom. The second-order valence-corrected chi connectivity index (χ2v) is 9.53. The fourth-order valence-corrected chi connectivity index (χ4v) is 5.37. The third kappa shape index (κ3) is 5.26. The van der Waals surface area contributed by atoms with Crippen LogP contribution >= 0.6 is 23.4 Å². The van der Waals surface area contributed by atoms with E-state index in [4.69, 9.17) is 16.3 Å². The highest BCUT2D eigenvalue weighted by Crippen LogP contribution is 2.31. The molecule has 0 aliphatic carbocycles. The van der Waals surface area contributed by atoms with Crippen molar-refractivity contribution < 1.29 is 14.3 Å². The van der Waals surface area contributed by atoms with Gasteiger partial charge in [-0.25, -0.2) is 0 Å². The number of aliphatic imine (C=N–C) groups is 1. The lowest BCUT2D eigenvalue weighted by Gasteiger charge is -2.29. The molecule has 2 N–H and O–H groups in total. The number of carbonyl (C=O) groups is 2. The number of amidine groups is 1. The van der Waals surface area contributed by atoms with Gasteiger partial charge in [0.15, 0.2) is 5.17 Å². The van der Waals surface area contributed by atoms with Gasteiger partial charge in [-0.15, -0.1) is 0 Å². The number of carbonyl (C=O) groups excluding carboxylic acids is 2. The van der Waals surface area contributed by atoms with Crippen molar-refractivity contribution in [3.05, 3.63) is 64.2 Å². The molecule has 4 rings (SSSR count). The summed E-state index contributed by atoms with van der Waals surface area (Å²) in [5.74, 6) is 0.0605. The zero-order chi connectivity index (χ0) is 22.7. The Morgan fingerprint density at radius 2 is 2.03 bits per heavy atom. The molecule has 2 heterocycles. The van der Waals surface area contributed by atoms with Crippen molar-refractivity contribution >= 4 is 40.3 Å². The summed E-state index contributed by atoms with van der Waals surface area (Å²) < 4.78 is 5.11. The third-order valence-electron chi connectivity index (χ3n) is 5.55. The van der Waals surface area contributed by atoms with Crippen molar-refractivity contribution in [1.29, 1.82) is 0 Å². The molecule has 2 aliphatic heterocycles. The van der Waals surface area contributed by atoms with Crippen LogP contribution in [0.3, 0.4) is 0 Å². The van der Waals surface area contributed by atoms with E-state index >= 15 is 0 Å². The second kappa shape index (κ2) is 9.94. The number of piperidine rings is 1. The first-order chi connectivity index (χ1) is 15.4. The van der Waals surface area contributed by atoms with Gasteiger partial charge >= 0.3 is 0 Å². The molecular formula is C23H25ClN4O3S. The zero-order valence-corrected chi connectivity index (χ0v) is 19.5. The Balaban J connectivity index is 1.34. The highest BCUT2D eigenvalue weighted by molar-refractivity contribution is 8.14. The molecule has 2 aromatic carbocycles. The zero-order valence-electron chi connectivity index (χ0n) is 17.9. The number of halogens is 1. The highest BCUT2D eigenvalue weighted by atomic mass is 35.5. The van der Waals surface area contributed by atoms with Crippen LogP contribution in [0.25, 0.3) is 0 Å². The minimum Gasteiger partial charge on any atom is -0.495 e. The van der Waals surface area contributed by atoms with Crippen LogP contribution < -0.4 is 15.4 Å². The normalized spacial score (nSPS) is 20.3. The Kier molecular flexibility index (Phi) is 7.03. The number of hydrogen-bond acceptors (Lipinski definition) is 6. The summed E-state index contributed by atoms with van der Waals surface area (Å²) in [5.41, 5.74) is 1.79. The molecule has 0 radical (unpaired) electrons. The first-order valence-corrected chi connectivity index (χ1v) is 11.6. The topological polar surface area (TPSA) is 83.0 Å². The molecule has 2 aliphatic rings. The molecule has 2 unspecified atom stereocenters. The van der Waals surface area contributed by atoms with Gasteiger partial charge in [-0.3, -0.25) is 14.6 Å². The Hall–Kier alpha value is -2.55. The summed E-state index contributed by atoms with van der Waals surface area (Å²) in [7, 11) is 3.63. The average Bonchev–Trinajstić information content (AvgIpc) is 3.18. The van der Waals surface area contributed by atoms with E-state index in [9.17, 15) is 9.59 Å². The minimum absolute atomic E-state index is 0.196. The maximum absolute atomic E-state index is 12.8. The molecule has 0 bridgehead atoms. The molecular weight excluding hydrogens is 448 g/mol. The number of ether oxygens (including phenoxy) is 1. The number of likely N-dealkylation sites (tertiary alicyclic amines) is 1. The first kappa shape index (κ1) is 22.6. The number of thioether (sulfide) groups is 1. The molecule has 2 amide bonds. The Morgan fingerprint density at radius 3 is 2.81 bits per heavy atom. The largest absolute Gasteiger partial charge is 0.495 e. The molecule has 9 heteroatoms. The van der Waals surface area contributed by atoms with Gasteiger partial charge in [0.2, 0.25) is 0 Å². The van der Waals surface area contributed by atoms with Gasteiger partial charge in [0, 0.05) is 29.5 Å². The number of methoxy groups -OCH3 is 1. The molecule has 32 heavy (non-hydrogen) atoms. The molecule has 2 aromatic rings. The van der Waals surface area contributed by atoms with E-state index in [0.717, 1.165) is 25.1 Å². The van der Waals surface area contributed by atoms with Crippen LogP contribution in [0.1, 0.15) is 32.7 Å².